The van der Waals surface area contributed by atoms with Crippen molar-refractivity contribution in [2.75, 3.05) is 54.3 Å². The molecule has 0 aliphatic carbocycles. The van der Waals surface area contributed by atoms with E-state index in [0.29, 0.717) is 48.8 Å². The third-order valence-corrected chi connectivity index (χ3v) is 12.3. The zero-order chi connectivity index (χ0) is 48.8. The summed E-state index contributed by atoms with van der Waals surface area (Å²) in [6.07, 6.45) is 13.4. The first-order valence-corrected chi connectivity index (χ1v) is 24.6. The van der Waals surface area contributed by atoms with Crippen LogP contribution in [0.1, 0.15) is 106 Å². The maximum Gasteiger partial charge on any atom is 1.00 e. The molecule has 0 radical (unpaired) electrons. The smallest absolute Gasteiger partial charge is 0.748 e. The van der Waals surface area contributed by atoms with Crippen LogP contribution in [0.4, 0.5) is 32.3 Å². The van der Waals surface area contributed by atoms with Gasteiger partial charge in [0, 0.05) is 53.2 Å². The van der Waals surface area contributed by atoms with Gasteiger partial charge < -0.3 is 28.4 Å². The largest absolute Gasteiger partial charge is 1.00 e. The van der Waals surface area contributed by atoms with Gasteiger partial charge in [-0.25, -0.2) is 18.0 Å². The third-order valence-electron chi connectivity index (χ3n) is 10.7. The molecule has 0 bridgehead atoms. The number of benzene rings is 2. The molecule has 4 rings (SSSR count). The Morgan fingerprint density at radius 2 is 1.26 bits per heavy atom. The molecule has 2 aromatic carbocycles. The number of ether oxygens (including phenoxy) is 4. The number of nitrogens with one attached hydrogen (secondary N) is 2. The van der Waals surface area contributed by atoms with Crippen LogP contribution in [-0.2, 0) is 40.5 Å². The van der Waals surface area contributed by atoms with Crippen molar-refractivity contribution in [2.24, 2.45) is 0 Å². The molecule has 0 aromatic heterocycles. The minimum Gasteiger partial charge on any atom is -0.748 e. The normalized spacial score (nSPS) is 16.5. The van der Waals surface area contributed by atoms with Gasteiger partial charge >= 0.3 is 41.7 Å². The van der Waals surface area contributed by atoms with E-state index in [1.54, 1.807) is 41.5 Å². The summed E-state index contributed by atoms with van der Waals surface area (Å²) in [6.45, 7) is 19.7. The summed E-state index contributed by atoms with van der Waals surface area (Å²) in [7, 11) is -5.48. The maximum absolute atomic E-state index is 12.8. The zero-order valence-corrected chi connectivity index (χ0v) is 44.3. The van der Waals surface area contributed by atoms with Gasteiger partial charge in [0.1, 0.15) is 29.2 Å². The van der Waals surface area contributed by atoms with Gasteiger partial charge in [0.05, 0.1) is 46.9 Å². The molecule has 0 saturated carbocycles. The van der Waals surface area contributed by atoms with E-state index < -0.39 is 60.2 Å². The van der Waals surface area contributed by atoms with Crippen molar-refractivity contribution in [3.63, 3.8) is 0 Å². The average Bonchev–Trinajstić information content (AvgIpc) is 3.48. The fraction of sp³-hybridized carbons (Fsp3) is 0.511. The van der Waals surface area contributed by atoms with E-state index in [1.165, 1.54) is 14.2 Å². The molecule has 19 heteroatoms. The van der Waals surface area contributed by atoms with Crippen LogP contribution in [0.3, 0.4) is 0 Å². The molecular weight excluding hydrogens is 900 g/mol. The molecule has 0 unspecified atom stereocenters. The fourth-order valence-electron chi connectivity index (χ4n) is 7.82. The molecule has 0 spiro atoms. The summed E-state index contributed by atoms with van der Waals surface area (Å²) in [4.78, 5) is 27.7. The summed E-state index contributed by atoms with van der Waals surface area (Å²) in [5.74, 6) is 0.0381. The second-order valence-corrected chi connectivity index (χ2v) is 22.1. The molecule has 3 N–H and O–H groups in total. The first kappa shape index (κ1) is 56.2. The Hall–Kier alpha value is -4.17. The number of hydrogen-bond donors (Lipinski definition) is 3. The van der Waals surface area contributed by atoms with Crippen LogP contribution in [-0.4, -0.2) is 98.4 Å². The van der Waals surface area contributed by atoms with Crippen molar-refractivity contribution < 1.29 is 88.6 Å². The number of carbonyl (C=O) groups excluding carboxylic acids is 2. The van der Waals surface area contributed by atoms with Crippen LogP contribution in [0.5, 0.6) is 11.5 Å². The van der Waals surface area contributed by atoms with E-state index in [-0.39, 0.29) is 48.2 Å². The Kier molecular flexibility index (Phi) is 19.0. The SMILES string of the molecule is COc1cc2c(cc1NC(=O)OC(C)(C)C)N(CCCCS(=O)(=O)[O-])C(=CC=CC=CC=CC1=[N+](CCCCS(=O)(=O)O)c3cc(NC(=O)OC(C)(C)C)c(OC)cc3C1(C)C)C2(C)C.[Na+]. The van der Waals surface area contributed by atoms with Gasteiger partial charge in [-0.2, -0.15) is 13.0 Å². The van der Waals surface area contributed by atoms with E-state index in [4.69, 9.17) is 18.9 Å². The molecule has 0 atom stereocenters. The average molecular weight is 966 g/mol. The van der Waals surface area contributed by atoms with Crippen molar-refractivity contribution >= 4 is 60.9 Å². The van der Waals surface area contributed by atoms with Gasteiger partial charge in [0.25, 0.3) is 10.1 Å². The topological polar surface area (TPSA) is 213 Å². The number of unbranched alkanes of at least 4 members (excludes halogenated alkanes) is 2. The third kappa shape index (κ3) is 15.4. The Morgan fingerprint density at radius 3 is 1.79 bits per heavy atom. The summed E-state index contributed by atoms with van der Waals surface area (Å²) in [6, 6.07) is 7.39. The Labute approximate surface area is 413 Å². The van der Waals surface area contributed by atoms with Crippen LogP contribution in [0.15, 0.2) is 72.5 Å². The number of allylic oxidation sites excluding steroid dienone is 8. The number of hydrogen-bond acceptors (Lipinski definition) is 12. The van der Waals surface area contributed by atoms with Crippen molar-refractivity contribution in [1.29, 1.82) is 0 Å². The Morgan fingerprint density at radius 1 is 0.742 bits per heavy atom. The van der Waals surface area contributed by atoms with Gasteiger partial charge in [-0.15, -0.1) is 0 Å². The zero-order valence-electron chi connectivity index (χ0n) is 40.7. The molecule has 0 saturated heterocycles. The van der Waals surface area contributed by atoms with Crippen LogP contribution in [0.2, 0.25) is 0 Å². The summed E-state index contributed by atoms with van der Waals surface area (Å²) in [5, 5.41) is 5.60. The fourth-order valence-corrected chi connectivity index (χ4v) is 8.95. The molecular formula is C47H66N4NaO12S2+. The number of amides is 2. The Bertz CT molecular complexity index is 2500. The van der Waals surface area contributed by atoms with Gasteiger partial charge in [-0.3, -0.25) is 15.2 Å². The van der Waals surface area contributed by atoms with Gasteiger partial charge in [-0.05, 0) is 104 Å². The van der Waals surface area contributed by atoms with E-state index >= 15 is 0 Å². The van der Waals surface area contributed by atoms with Gasteiger partial charge in [0.2, 0.25) is 5.69 Å². The summed E-state index contributed by atoms with van der Waals surface area (Å²) < 4.78 is 91.0. The molecule has 2 amide bonds. The monoisotopic (exact) mass is 965 g/mol. The molecule has 16 nitrogen and oxygen atoms in total. The molecule has 358 valence electrons. The van der Waals surface area contributed by atoms with E-state index in [2.05, 4.69) is 47.8 Å². The van der Waals surface area contributed by atoms with Crippen LogP contribution < -0.4 is 54.6 Å². The van der Waals surface area contributed by atoms with E-state index in [9.17, 15) is 35.5 Å². The molecule has 2 heterocycles. The molecule has 2 aliphatic rings. The number of nitrogens with zero attached hydrogens (tertiary/aromatic N) is 2. The molecule has 66 heavy (non-hydrogen) atoms. The van der Waals surface area contributed by atoms with Crippen molar-refractivity contribution in [3.05, 3.63) is 83.6 Å². The number of fused-ring (bicyclic) bond motifs is 2. The minimum absolute atomic E-state index is 0. The summed E-state index contributed by atoms with van der Waals surface area (Å²) >= 11 is 0. The summed E-state index contributed by atoms with van der Waals surface area (Å²) in [5.41, 5.74) is 3.49. The second-order valence-electron chi connectivity index (χ2n) is 19.0. The predicted molar refractivity (Wildman–Crippen MR) is 254 cm³/mol. The molecule has 2 aliphatic heterocycles. The van der Waals surface area contributed by atoms with E-state index in [1.807, 2.05) is 66.8 Å². The predicted octanol–water partition coefficient (Wildman–Crippen LogP) is 6.12. The molecule has 2 aromatic rings. The number of methoxy groups -OCH3 is 2. The van der Waals surface area contributed by atoms with E-state index in [0.717, 1.165) is 33.9 Å². The van der Waals surface area contributed by atoms with Crippen LogP contribution >= 0.6 is 0 Å². The standard InChI is InChI=1S/C47H66N4O12S2.Na/c1-44(2,3)62-42(52)48-34-30-36-32(28-38(34)60-11)46(7,8)40(50(36)24-18-20-26-64(54,55)56)22-16-14-13-15-17-23-41-47(9,10)33-29-39(61-12)35(49-43(53)63-45(4,5)6)31-37(33)51(41)25-19-21-27-65(57,58)59;/h13-17,22-23,28-31H,18-21,24-27H2,1-12H3,(H3-,48,49,52,53,54,55,56,57,58,59);/q;+1. The van der Waals surface area contributed by atoms with Crippen molar-refractivity contribution in [2.45, 2.75) is 117 Å². The van der Waals surface area contributed by atoms with Gasteiger partial charge in [-0.1, -0.05) is 44.2 Å². The van der Waals surface area contributed by atoms with Crippen LogP contribution in [0, 0.1) is 0 Å². The first-order valence-electron chi connectivity index (χ1n) is 21.5. The second kappa shape index (κ2) is 22.3. The maximum atomic E-state index is 12.8. The quantitative estimate of drug-likeness (QED) is 0.0506. The molecule has 0 fully saturated rings. The Balaban J connectivity index is 0.0000116. The minimum atomic E-state index is -4.38. The first-order chi connectivity index (χ1) is 30.0. The van der Waals surface area contributed by atoms with Crippen molar-refractivity contribution in [1.82, 2.24) is 0 Å². The van der Waals surface area contributed by atoms with Crippen LogP contribution in [0.25, 0.3) is 0 Å². The number of carbonyl (C=O) groups is 2. The van der Waals surface area contributed by atoms with Crippen molar-refractivity contribution in [3.8, 4) is 11.5 Å². The number of rotatable bonds is 18. The number of anilines is 3. The van der Waals surface area contributed by atoms with Gasteiger partial charge in [0.15, 0.2) is 5.71 Å².